The van der Waals surface area contributed by atoms with Crippen LogP contribution in [0, 0.1) is 39.0 Å². The predicted octanol–water partition coefficient (Wildman–Crippen LogP) is 5.07. The van der Waals surface area contributed by atoms with Gasteiger partial charge >= 0.3 is 0 Å². The number of carbonyl (C=O) groups excluding carboxylic acids is 1. The quantitative estimate of drug-likeness (QED) is 0.647. The minimum Gasteiger partial charge on any atom is -0.325 e. The summed E-state index contributed by atoms with van der Waals surface area (Å²) in [5.41, 5.74) is 6.52. The molecule has 1 N–H and O–H groups in total. The van der Waals surface area contributed by atoms with Crippen molar-refractivity contribution in [2.45, 2.75) is 32.7 Å². The molecule has 0 aliphatic rings. The van der Waals surface area contributed by atoms with Crippen molar-refractivity contribution in [3.63, 3.8) is 0 Å². The number of thioether (sulfide) groups is 1. The van der Waals surface area contributed by atoms with Gasteiger partial charge in [-0.25, -0.2) is 4.98 Å². The topological polar surface area (TPSA) is 65.8 Å². The highest BCUT2D eigenvalue weighted by Gasteiger charge is 2.13. The Morgan fingerprint density at radius 2 is 1.81 bits per heavy atom. The Hall–Kier alpha value is -2.84. The Labute approximate surface area is 163 Å². The lowest BCUT2D eigenvalue weighted by Gasteiger charge is -2.11. The Balaban J connectivity index is 1.81. The molecule has 27 heavy (non-hydrogen) atoms. The van der Waals surface area contributed by atoms with Crippen LogP contribution in [-0.4, -0.2) is 16.6 Å². The zero-order chi connectivity index (χ0) is 19.6. The minimum atomic E-state index is -0.112. The molecule has 136 valence electrons. The fourth-order valence-corrected chi connectivity index (χ4v) is 3.74. The highest BCUT2D eigenvalue weighted by atomic mass is 32.2. The van der Waals surface area contributed by atoms with Gasteiger partial charge in [-0.1, -0.05) is 41.6 Å². The summed E-state index contributed by atoms with van der Waals surface area (Å²) in [5, 5.41) is 14.0. The number of nitrogens with one attached hydrogen (secondary N) is 1. The molecule has 0 atom stereocenters. The smallest absolute Gasteiger partial charge is 0.234 e. The molecule has 0 saturated heterocycles. The van der Waals surface area contributed by atoms with E-state index in [2.05, 4.69) is 16.4 Å². The second-order valence-corrected chi connectivity index (χ2v) is 7.67. The van der Waals surface area contributed by atoms with Crippen LogP contribution in [0.5, 0.6) is 0 Å². The van der Waals surface area contributed by atoms with Gasteiger partial charge in [-0.2, -0.15) is 5.26 Å². The zero-order valence-corrected chi connectivity index (χ0v) is 16.7. The third-order valence-corrected chi connectivity index (χ3v) is 5.48. The largest absolute Gasteiger partial charge is 0.325 e. The van der Waals surface area contributed by atoms with Gasteiger partial charge in [0.15, 0.2) is 0 Å². The Bertz CT molecular complexity index is 1080. The van der Waals surface area contributed by atoms with Crippen LogP contribution in [0.4, 0.5) is 5.69 Å². The maximum Gasteiger partial charge on any atom is 0.234 e. The summed E-state index contributed by atoms with van der Waals surface area (Å²) >= 11 is 1.29. The Morgan fingerprint density at radius 3 is 2.52 bits per heavy atom. The summed E-state index contributed by atoms with van der Waals surface area (Å²) in [5.74, 6) is 0.0875. The van der Waals surface area contributed by atoms with Crippen molar-refractivity contribution in [2.24, 2.45) is 0 Å². The molecule has 0 radical (unpaired) electrons. The first-order valence-corrected chi connectivity index (χ1v) is 9.68. The summed E-state index contributed by atoms with van der Waals surface area (Å²) in [4.78, 5) is 17.0. The van der Waals surface area contributed by atoms with Crippen LogP contribution in [0.2, 0.25) is 0 Å². The summed E-state index contributed by atoms with van der Waals surface area (Å²) in [6.07, 6.45) is 0. The third-order valence-electron chi connectivity index (χ3n) is 4.49. The number of aryl methyl sites for hydroxylation is 4. The standard InChI is InChI=1S/C22H21N3OS/c1-13-5-8-19(16(4)9-13)24-20(26)12-27-22-17(11-23)10-18-14(2)6-7-15(3)21(18)25-22/h5-10H,12H2,1-4H3,(H,24,26). The molecule has 3 rings (SSSR count). The molecule has 2 aromatic carbocycles. The van der Waals surface area contributed by atoms with Crippen molar-refractivity contribution in [1.82, 2.24) is 4.98 Å². The van der Waals surface area contributed by atoms with Crippen LogP contribution in [-0.2, 0) is 4.79 Å². The lowest BCUT2D eigenvalue weighted by atomic mass is 10.0. The summed E-state index contributed by atoms with van der Waals surface area (Å²) in [6, 6.07) is 14.1. The van der Waals surface area contributed by atoms with Gasteiger partial charge in [0.25, 0.3) is 0 Å². The second-order valence-electron chi connectivity index (χ2n) is 6.70. The van der Waals surface area contributed by atoms with Gasteiger partial charge in [-0.05, 0) is 56.5 Å². The molecule has 1 heterocycles. The van der Waals surface area contributed by atoms with Gasteiger partial charge < -0.3 is 5.32 Å². The van der Waals surface area contributed by atoms with Crippen molar-refractivity contribution >= 4 is 34.3 Å². The number of nitrogens with zero attached hydrogens (tertiary/aromatic N) is 2. The van der Waals surface area contributed by atoms with Gasteiger partial charge in [-0.3, -0.25) is 4.79 Å². The maximum absolute atomic E-state index is 12.4. The fourth-order valence-electron chi connectivity index (χ4n) is 2.98. The highest BCUT2D eigenvalue weighted by molar-refractivity contribution is 8.00. The van der Waals surface area contributed by atoms with Crippen molar-refractivity contribution in [1.29, 1.82) is 5.26 Å². The molecule has 0 fully saturated rings. The van der Waals surface area contributed by atoms with Gasteiger partial charge in [0, 0.05) is 11.1 Å². The molecule has 0 unspecified atom stereocenters. The lowest BCUT2D eigenvalue weighted by molar-refractivity contribution is -0.113. The van der Waals surface area contributed by atoms with Crippen LogP contribution in [0.15, 0.2) is 41.4 Å². The molecular weight excluding hydrogens is 354 g/mol. The van der Waals surface area contributed by atoms with Gasteiger partial charge in [0.1, 0.15) is 11.1 Å². The average molecular weight is 375 g/mol. The van der Waals surface area contributed by atoms with Gasteiger partial charge in [0.05, 0.1) is 16.8 Å². The highest BCUT2D eigenvalue weighted by Crippen LogP contribution is 2.28. The van der Waals surface area contributed by atoms with E-state index in [0.717, 1.165) is 38.8 Å². The summed E-state index contributed by atoms with van der Waals surface area (Å²) in [6.45, 7) is 8.00. The first-order chi connectivity index (χ1) is 12.9. The normalized spacial score (nSPS) is 10.6. The van der Waals surface area contributed by atoms with Crippen molar-refractivity contribution < 1.29 is 4.79 Å². The summed E-state index contributed by atoms with van der Waals surface area (Å²) in [7, 11) is 0. The van der Waals surface area contributed by atoms with E-state index in [0.29, 0.717) is 10.6 Å². The number of pyridine rings is 1. The molecule has 0 saturated carbocycles. The Morgan fingerprint density at radius 1 is 1.07 bits per heavy atom. The first-order valence-electron chi connectivity index (χ1n) is 8.70. The average Bonchev–Trinajstić information content (AvgIpc) is 2.65. The first kappa shape index (κ1) is 18.9. The molecular formula is C22H21N3OS. The molecule has 3 aromatic rings. The van der Waals surface area contributed by atoms with Crippen LogP contribution < -0.4 is 5.32 Å². The van der Waals surface area contributed by atoms with E-state index in [1.165, 1.54) is 11.8 Å². The van der Waals surface area contributed by atoms with Gasteiger partial charge in [-0.15, -0.1) is 0 Å². The van der Waals surface area contributed by atoms with E-state index in [-0.39, 0.29) is 11.7 Å². The number of hydrogen-bond acceptors (Lipinski definition) is 4. The molecule has 4 nitrogen and oxygen atoms in total. The van der Waals surface area contributed by atoms with Crippen LogP contribution >= 0.6 is 11.8 Å². The predicted molar refractivity (Wildman–Crippen MR) is 111 cm³/mol. The Kier molecular flexibility index (Phi) is 5.48. The van der Waals surface area contributed by atoms with Gasteiger partial charge in [0.2, 0.25) is 5.91 Å². The van der Waals surface area contributed by atoms with E-state index in [4.69, 9.17) is 0 Å². The van der Waals surface area contributed by atoms with Crippen molar-refractivity contribution in [2.75, 3.05) is 11.1 Å². The van der Waals surface area contributed by atoms with Crippen LogP contribution in [0.1, 0.15) is 27.8 Å². The van der Waals surface area contributed by atoms with Crippen LogP contribution in [0.3, 0.4) is 0 Å². The number of amides is 1. The number of aromatic nitrogens is 1. The molecule has 0 bridgehead atoms. The minimum absolute atomic E-state index is 0.112. The van der Waals surface area contributed by atoms with E-state index in [1.807, 2.05) is 64.1 Å². The fraction of sp³-hybridized carbons (Fsp3) is 0.227. The van der Waals surface area contributed by atoms with Crippen LogP contribution in [0.25, 0.3) is 10.9 Å². The molecule has 0 aliphatic carbocycles. The molecule has 5 heteroatoms. The third kappa shape index (κ3) is 4.12. The van der Waals surface area contributed by atoms with Crippen molar-refractivity contribution in [3.05, 3.63) is 64.2 Å². The maximum atomic E-state index is 12.4. The monoisotopic (exact) mass is 375 g/mol. The number of fused-ring (bicyclic) bond motifs is 1. The molecule has 0 spiro atoms. The number of hydrogen-bond donors (Lipinski definition) is 1. The van der Waals surface area contributed by atoms with E-state index in [9.17, 15) is 10.1 Å². The van der Waals surface area contributed by atoms with E-state index < -0.39 is 0 Å². The SMILES string of the molecule is Cc1ccc(NC(=O)CSc2nc3c(C)ccc(C)c3cc2C#N)c(C)c1. The number of carbonyl (C=O) groups is 1. The summed E-state index contributed by atoms with van der Waals surface area (Å²) < 4.78 is 0. The van der Waals surface area contributed by atoms with E-state index in [1.54, 1.807) is 0 Å². The zero-order valence-electron chi connectivity index (χ0n) is 15.9. The number of benzene rings is 2. The molecule has 0 aliphatic heterocycles. The molecule has 1 amide bonds. The van der Waals surface area contributed by atoms with E-state index >= 15 is 0 Å². The molecule has 1 aromatic heterocycles. The number of rotatable bonds is 4. The number of nitriles is 1. The lowest BCUT2D eigenvalue weighted by Crippen LogP contribution is -2.15. The van der Waals surface area contributed by atoms with Crippen molar-refractivity contribution in [3.8, 4) is 6.07 Å². The number of anilines is 1. The second kappa shape index (κ2) is 7.81.